The first-order valence-corrected chi connectivity index (χ1v) is 6.12. The summed E-state index contributed by atoms with van der Waals surface area (Å²) in [5.74, 6) is -1.07. The van der Waals surface area contributed by atoms with Crippen LogP contribution in [0.2, 0.25) is 0 Å². The lowest BCUT2D eigenvalue weighted by molar-refractivity contribution is -0.131. The molecule has 0 aromatic carbocycles. The summed E-state index contributed by atoms with van der Waals surface area (Å²) in [6.07, 6.45) is 3.87. The molecule has 0 saturated heterocycles. The van der Waals surface area contributed by atoms with Gasteiger partial charge in [0.2, 0.25) is 0 Å². The first-order valence-electron chi connectivity index (χ1n) is 5.24. The van der Waals surface area contributed by atoms with Crippen molar-refractivity contribution in [1.82, 2.24) is 10.2 Å². The summed E-state index contributed by atoms with van der Waals surface area (Å²) in [5, 5.41) is 20.3. The molecule has 0 aliphatic heterocycles. The van der Waals surface area contributed by atoms with E-state index in [4.69, 9.17) is 5.11 Å². The lowest BCUT2D eigenvalue weighted by Crippen LogP contribution is -2.12. The summed E-state index contributed by atoms with van der Waals surface area (Å²) in [5.41, 5.74) is 0.550. The average Bonchev–Trinajstić information content (AvgIpc) is 2.86. The smallest absolute Gasteiger partial charge is 0.328 e. The Hall–Kier alpha value is -2.54. The molecule has 2 aromatic rings. The van der Waals surface area contributed by atoms with E-state index in [2.05, 4.69) is 15.5 Å². The van der Waals surface area contributed by atoms with Gasteiger partial charge in [0.05, 0.1) is 4.88 Å². The molecule has 19 heavy (non-hydrogen) atoms. The SMILES string of the molecule is O=C(O)/C=C/c1ccsc1C(=O)Nc1cccnn1. The van der Waals surface area contributed by atoms with Gasteiger partial charge in [0.1, 0.15) is 0 Å². The Balaban J connectivity index is 2.16. The van der Waals surface area contributed by atoms with E-state index in [-0.39, 0.29) is 5.91 Å². The Morgan fingerprint density at radius 1 is 1.37 bits per heavy atom. The molecular formula is C12H9N3O3S. The summed E-state index contributed by atoms with van der Waals surface area (Å²) in [4.78, 5) is 22.9. The minimum Gasteiger partial charge on any atom is -0.478 e. The van der Waals surface area contributed by atoms with Crippen LogP contribution >= 0.6 is 11.3 Å². The fourth-order valence-electron chi connectivity index (χ4n) is 1.34. The van der Waals surface area contributed by atoms with Gasteiger partial charge in [-0.25, -0.2) is 4.79 Å². The number of amides is 1. The number of nitrogens with zero attached hydrogens (tertiary/aromatic N) is 2. The molecule has 96 valence electrons. The third-order valence-corrected chi connectivity index (χ3v) is 3.05. The van der Waals surface area contributed by atoms with Gasteiger partial charge in [0, 0.05) is 12.3 Å². The van der Waals surface area contributed by atoms with Crippen molar-refractivity contribution in [3.8, 4) is 0 Å². The Kier molecular flexibility index (Phi) is 3.99. The van der Waals surface area contributed by atoms with Gasteiger partial charge in [-0.05, 0) is 35.2 Å². The van der Waals surface area contributed by atoms with Crippen LogP contribution in [0.3, 0.4) is 0 Å². The van der Waals surface area contributed by atoms with E-state index in [9.17, 15) is 9.59 Å². The topological polar surface area (TPSA) is 92.2 Å². The number of aromatic nitrogens is 2. The van der Waals surface area contributed by atoms with Crippen LogP contribution in [0.25, 0.3) is 6.08 Å². The minimum absolute atomic E-state index is 0.342. The van der Waals surface area contributed by atoms with E-state index in [1.165, 1.54) is 23.6 Å². The van der Waals surface area contributed by atoms with Gasteiger partial charge in [0.15, 0.2) is 5.82 Å². The predicted molar refractivity (Wildman–Crippen MR) is 71.0 cm³/mol. The second-order valence-corrected chi connectivity index (χ2v) is 4.36. The monoisotopic (exact) mass is 275 g/mol. The standard InChI is InChI=1S/C12H9N3O3S/c16-10(17)4-3-8-5-7-19-11(8)12(18)14-9-2-1-6-13-15-9/h1-7H,(H,16,17)(H,14,15,18)/b4-3+. The Labute approximate surface area is 112 Å². The van der Waals surface area contributed by atoms with Crippen LogP contribution in [-0.4, -0.2) is 27.2 Å². The molecule has 2 rings (SSSR count). The zero-order valence-electron chi connectivity index (χ0n) is 9.61. The quantitative estimate of drug-likeness (QED) is 0.831. The molecule has 2 heterocycles. The average molecular weight is 275 g/mol. The highest BCUT2D eigenvalue weighted by atomic mass is 32.1. The molecule has 0 bridgehead atoms. The third kappa shape index (κ3) is 3.46. The zero-order valence-corrected chi connectivity index (χ0v) is 10.4. The lowest BCUT2D eigenvalue weighted by atomic mass is 10.2. The summed E-state index contributed by atoms with van der Waals surface area (Å²) in [6, 6.07) is 4.95. The van der Waals surface area contributed by atoms with E-state index in [1.54, 1.807) is 23.6 Å². The first-order chi connectivity index (χ1) is 9.16. The minimum atomic E-state index is -1.06. The highest BCUT2D eigenvalue weighted by molar-refractivity contribution is 7.12. The van der Waals surface area contributed by atoms with Crippen molar-refractivity contribution in [3.63, 3.8) is 0 Å². The molecule has 0 saturated carbocycles. The molecule has 0 aliphatic carbocycles. The van der Waals surface area contributed by atoms with E-state index < -0.39 is 5.97 Å². The largest absolute Gasteiger partial charge is 0.478 e. The Bertz CT molecular complexity index is 622. The highest BCUT2D eigenvalue weighted by Gasteiger charge is 2.12. The summed E-state index contributed by atoms with van der Waals surface area (Å²) in [6.45, 7) is 0. The second kappa shape index (κ2) is 5.87. The maximum absolute atomic E-state index is 12.0. The number of hydrogen-bond acceptors (Lipinski definition) is 5. The van der Waals surface area contributed by atoms with Crippen molar-refractivity contribution in [2.75, 3.05) is 5.32 Å². The van der Waals surface area contributed by atoms with Crippen LogP contribution in [0.4, 0.5) is 5.82 Å². The normalized spacial score (nSPS) is 10.5. The number of aliphatic carboxylic acids is 1. The van der Waals surface area contributed by atoms with Gasteiger partial charge in [0.25, 0.3) is 5.91 Å². The first kappa shape index (κ1) is 12.9. The molecule has 0 radical (unpaired) electrons. The van der Waals surface area contributed by atoms with Crippen LogP contribution < -0.4 is 5.32 Å². The molecular weight excluding hydrogens is 266 g/mol. The number of carbonyl (C=O) groups excluding carboxylic acids is 1. The van der Waals surface area contributed by atoms with E-state index in [0.717, 1.165) is 6.08 Å². The van der Waals surface area contributed by atoms with Crippen LogP contribution in [0.15, 0.2) is 35.9 Å². The molecule has 2 aromatic heterocycles. The fourth-order valence-corrected chi connectivity index (χ4v) is 2.12. The van der Waals surface area contributed by atoms with Gasteiger partial charge in [-0.3, -0.25) is 4.79 Å². The molecule has 0 fully saturated rings. The van der Waals surface area contributed by atoms with Crippen molar-refractivity contribution in [2.45, 2.75) is 0 Å². The van der Waals surface area contributed by atoms with Crippen molar-refractivity contribution < 1.29 is 14.7 Å². The predicted octanol–water partition coefficient (Wildman–Crippen LogP) is 1.89. The molecule has 1 amide bonds. The van der Waals surface area contributed by atoms with Crippen LogP contribution in [-0.2, 0) is 4.79 Å². The molecule has 2 N–H and O–H groups in total. The maximum atomic E-state index is 12.0. The van der Waals surface area contributed by atoms with Gasteiger partial charge in [-0.15, -0.1) is 16.4 Å². The van der Waals surface area contributed by atoms with Gasteiger partial charge in [-0.2, -0.15) is 5.10 Å². The second-order valence-electron chi connectivity index (χ2n) is 3.44. The molecule has 0 unspecified atom stereocenters. The van der Waals surface area contributed by atoms with E-state index in [0.29, 0.717) is 16.3 Å². The number of nitrogens with one attached hydrogen (secondary N) is 1. The van der Waals surface area contributed by atoms with Crippen LogP contribution in [0, 0.1) is 0 Å². The Morgan fingerprint density at radius 2 is 2.21 bits per heavy atom. The molecule has 0 aliphatic rings. The lowest BCUT2D eigenvalue weighted by Gasteiger charge is -2.02. The van der Waals surface area contributed by atoms with Gasteiger partial charge < -0.3 is 10.4 Å². The number of thiophene rings is 1. The van der Waals surface area contributed by atoms with Gasteiger partial charge >= 0.3 is 5.97 Å². The fraction of sp³-hybridized carbons (Fsp3) is 0. The maximum Gasteiger partial charge on any atom is 0.328 e. The summed E-state index contributed by atoms with van der Waals surface area (Å²) < 4.78 is 0. The number of anilines is 1. The number of carboxylic acid groups (broad SMARTS) is 1. The molecule has 6 nitrogen and oxygen atoms in total. The van der Waals surface area contributed by atoms with Crippen LogP contribution in [0.5, 0.6) is 0 Å². The van der Waals surface area contributed by atoms with Crippen LogP contribution in [0.1, 0.15) is 15.2 Å². The Morgan fingerprint density at radius 3 is 2.89 bits per heavy atom. The number of carboxylic acids is 1. The highest BCUT2D eigenvalue weighted by Crippen LogP contribution is 2.19. The van der Waals surface area contributed by atoms with E-state index in [1.807, 2.05) is 0 Å². The third-order valence-electron chi connectivity index (χ3n) is 2.12. The summed E-state index contributed by atoms with van der Waals surface area (Å²) in [7, 11) is 0. The number of rotatable bonds is 4. The van der Waals surface area contributed by atoms with Crippen molar-refractivity contribution in [1.29, 1.82) is 0 Å². The molecule has 7 heteroatoms. The number of carbonyl (C=O) groups is 2. The van der Waals surface area contributed by atoms with E-state index >= 15 is 0 Å². The molecule has 0 atom stereocenters. The van der Waals surface area contributed by atoms with Crippen molar-refractivity contribution >= 4 is 35.1 Å². The van der Waals surface area contributed by atoms with Gasteiger partial charge in [-0.1, -0.05) is 0 Å². The summed E-state index contributed by atoms with van der Waals surface area (Å²) >= 11 is 1.22. The zero-order chi connectivity index (χ0) is 13.7. The van der Waals surface area contributed by atoms with Crippen molar-refractivity contribution in [3.05, 3.63) is 46.3 Å². The van der Waals surface area contributed by atoms with Crippen molar-refractivity contribution in [2.24, 2.45) is 0 Å². The number of hydrogen-bond donors (Lipinski definition) is 2. The molecule has 0 spiro atoms.